The van der Waals surface area contributed by atoms with Gasteiger partial charge in [-0.05, 0) is 5.75 Å². The van der Waals surface area contributed by atoms with E-state index in [0.717, 1.165) is 11.4 Å². The fourth-order valence-electron chi connectivity index (χ4n) is 0.240. The Kier molecular flexibility index (Phi) is 2.96. The molecule has 4 heteroatoms. The van der Waals surface area contributed by atoms with E-state index in [-0.39, 0.29) is 0 Å². The fourth-order valence-corrected chi connectivity index (χ4v) is 2.16. The molecule has 0 heterocycles. The van der Waals surface area contributed by atoms with Gasteiger partial charge in [0, 0.05) is 6.66 Å². The van der Waals surface area contributed by atoms with Crippen LogP contribution in [0.25, 0.3) is 0 Å². The Morgan fingerprint density at radius 2 is 2.29 bits per heavy atom. The molecule has 0 radical (unpaired) electrons. The van der Waals surface area contributed by atoms with Crippen LogP contribution in [0.4, 0.5) is 0 Å². The highest BCUT2D eigenvalue weighted by Gasteiger charge is 2.05. The minimum absolute atomic E-state index is 0.713. The first-order valence-corrected chi connectivity index (χ1v) is 5.71. The minimum Gasteiger partial charge on any atom is -0.337 e. The van der Waals surface area contributed by atoms with Gasteiger partial charge >= 0.3 is 0 Å². The summed E-state index contributed by atoms with van der Waals surface area (Å²) in [5, 5.41) is 0. The van der Waals surface area contributed by atoms with Crippen molar-refractivity contribution in [3.05, 3.63) is 0 Å². The predicted octanol–water partition coefficient (Wildman–Crippen LogP) is 1.55. The van der Waals surface area contributed by atoms with Crippen LogP contribution in [0.2, 0.25) is 0 Å². The molecule has 1 unspecified atom stereocenters. The monoisotopic (exact) mass is 140 g/mol. The molecule has 7 heavy (non-hydrogen) atoms. The Morgan fingerprint density at radius 3 is 2.29 bits per heavy atom. The second kappa shape index (κ2) is 2.75. The Morgan fingerprint density at radius 1 is 1.86 bits per heavy atom. The second-order valence-corrected chi connectivity index (χ2v) is 6.47. The normalized spacial score (nSPS) is 18.7. The molecule has 0 aliphatic rings. The van der Waals surface area contributed by atoms with Crippen molar-refractivity contribution in [1.29, 1.82) is 0 Å². The lowest BCUT2D eigenvalue weighted by molar-refractivity contribution is 0.503. The molecular weight excluding hydrogens is 131 g/mol. The van der Waals surface area contributed by atoms with Crippen LogP contribution in [0, 0.1) is 0 Å². The Bertz CT molecular complexity index is 86.9. The molecule has 0 amide bonds. The molecule has 0 aromatic rings. The zero-order valence-electron chi connectivity index (χ0n) is 4.42. The SMILES string of the molecule is CCSP(C)(=O)O. The zero-order valence-corrected chi connectivity index (χ0v) is 6.13. The van der Waals surface area contributed by atoms with Crippen LogP contribution in [0.1, 0.15) is 6.92 Å². The van der Waals surface area contributed by atoms with E-state index in [9.17, 15) is 4.57 Å². The molecule has 0 aliphatic heterocycles. The fraction of sp³-hybridized carbons (Fsp3) is 1.00. The Balaban J connectivity index is 3.36. The largest absolute Gasteiger partial charge is 0.337 e. The molecule has 0 aliphatic carbocycles. The van der Waals surface area contributed by atoms with Crippen molar-refractivity contribution in [2.24, 2.45) is 0 Å². The average molecular weight is 140 g/mol. The van der Waals surface area contributed by atoms with Gasteiger partial charge in [0.1, 0.15) is 0 Å². The first kappa shape index (κ1) is 7.54. The molecule has 2 nitrogen and oxygen atoms in total. The first-order chi connectivity index (χ1) is 3.06. The molecule has 0 rings (SSSR count). The van der Waals surface area contributed by atoms with Crippen molar-refractivity contribution in [2.45, 2.75) is 6.92 Å². The molecular formula is C3H9O2PS. The average Bonchev–Trinajstić information content (AvgIpc) is 1.30. The van der Waals surface area contributed by atoms with E-state index in [2.05, 4.69) is 0 Å². The summed E-state index contributed by atoms with van der Waals surface area (Å²) in [7, 11) is 0. The van der Waals surface area contributed by atoms with Gasteiger partial charge in [0.25, 0.3) is 6.57 Å². The molecule has 0 spiro atoms. The number of hydrogen-bond donors (Lipinski definition) is 1. The van der Waals surface area contributed by atoms with Crippen LogP contribution in [-0.2, 0) is 4.57 Å². The smallest absolute Gasteiger partial charge is 0.252 e. The highest BCUT2D eigenvalue weighted by atomic mass is 32.7. The lowest BCUT2D eigenvalue weighted by Gasteiger charge is -1.97. The topological polar surface area (TPSA) is 37.3 Å². The molecule has 0 aromatic heterocycles. The molecule has 0 fully saturated rings. The lowest BCUT2D eigenvalue weighted by Crippen LogP contribution is -1.67. The maximum Gasteiger partial charge on any atom is 0.252 e. The van der Waals surface area contributed by atoms with Gasteiger partial charge in [-0.25, -0.2) is 0 Å². The van der Waals surface area contributed by atoms with Crippen LogP contribution >= 0.6 is 18.0 Å². The van der Waals surface area contributed by atoms with Gasteiger partial charge in [-0.15, -0.1) is 0 Å². The summed E-state index contributed by atoms with van der Waals surface area (Å²) in [5.74, 6) is 0.713. The summed E-state index contributed by atoms with van der Waals surface area (Å²) in [6.07, 6.45) is 0. The first-order valence-electron chi connectivity index (χ1n) is 2.01. The van der Waals surface area contributed by atoms with Crippen molar-refractivity contribution < 1.29 is 9.46 Å². The van der Waals surface area contributed by atoms with E-state index in [1.54, 1.807) is 0 Å². The van der Waals surface area contributed by atoms with Crippen LogP contribution in [0.3, 0.4) is 0 Å². The van der Waals surface area contributed by atoms with Gasteiger partial charge in [-0.3, -0.25) is 4.57 Å². The van der Waals surface area contributed by atoms with E-state index in [0.29, 0.717) is 5.75 Å². The number of rotatable bonds is 2. The minimum atomic E-state index is -2.75. The number of hydrogen-bond acceptors (Lipinski definition) is 2. The molecule has 44 valence electrons. The third-order valence-electron chi connectivity index (χ3n) is 0.369. The zero-order chi connectivity index (χ0) is 5.91. The van der Waals surface area contributed by atoms with Crippen molar-refractivity contribution in [2.75, 3.05) is 12.4 Å². The van der Waals surface area contributed by atoms with Gasteiger partial charge < -0.3 is 4.89 Å². The van der Waals surface area contributed by atoms with Crippen molar-refractivity contribution in [3.63, 3.8) is 0 Å². The summed E-state index contributed by atoms with van der Waals surface area (Å²) >= 11 is 1.10. The van der Waals surface area contributed by atoms with Gasteiger partial charge in [0.05, 0.1) is 0 Å². The predicted molar refractivity (Wildman–Crippen MR) is 33.9 cm³/mol. The molecule has 0 aromatic carbocycles. The van der Waals surface area contributed by atoms with Crippen molar-refractivity contribution in [1.82, 2.24) is 0 Å². The molecule has 0 bridgehead atoms. The third-order valence-corrected chi connectivity index (χ3v) is 3.32. The van der Waals surface area contributed by atoms with E-state index in [4.69, 9.17) is 4.89 Å². The summed E-state index contributed by atoms with van der Waals surface area (Å²) < 4.78 is 10.3. The highest BCUT2D eigenvalue weighted by Crippen LogP contribution is 2.50. The quantitative estimate of drug-likeness (QED) is 0.591. The van der Waals surface area contributed by atoms with Gasteiger partial charge in [0.2, 0.25) is 0 Å². The maximum absolute atomic E-state index is 10.3. The van der Waals surface area contributed by atoms with Crippen molar-refractivity contribution in [3.8, 4) is 0 Å². The van der Waals surface area contributed by atoms with E-state index >= 15 is 0 Å². The Hall–Kier alpha value is 0.540. The summed E-state index contributed by atoms with van der Waals surface area (Å²) in [6.45, 7) is 0.458. The summed E-state index contributed by atoms with van der Waals surface area (Å²) in [5.41, 5.74) is 0. The summed E-state index contributed by atoms with van der Waals surface area (Å²) in [6, 6.07) is 0. The van der Waals surface area contributed by atoms with E-state index < -0.39 is 6.57 Å². The van der Waals surface area contributed by atoms with Crippen molar-refractivity contribution >= 4 is 18.0 Å². The van der Waals surface area contributed by atoms with Crippen LogP contribution in [0.15, 0.2) is 0 Å². The van der Waals surface area contributed by atoms with Gasteiger partial charge in [0.15, 0.2) is 0 Å². The highest BCUT2D eigenvalue weighted by molar-refractivity contribution is 8.56. The standard InChI is InChI=1S/C3H9O2PS/c1-3-7-6(2,4)5/h3H2,1-2H3,(H,4,5). The van der Waals surface area contributed by atoms with Crippen LogP contribution in [0.5, 0.6) is 0 Å². The molecule has 0 saturated carbocycles. The van der Waals surface area contributed by atoms with E-state index in [1.807, 2.05) is 6.92 Å². The second-order valence-electron chi connectivity index (χ2n) is 1.22. The van der Waals surface area contributed by atoms with Gasteiger partial charge in [-0.2, -0.15) is 0 Å². The summed E-state index contributed by atoms with van der Waals surface area (Å²) in [4.78, 5) is 8.54. The molecule has 1 N–H and O–H groups in total. The molecule has 0 saturated heterocycles. The third kappa shape index (κ3) is 6.54. The van der Waals surface area contributed by atoms with Gasteiger partial charge in [-0.1, -0.05) is 18.3 Å². The van der Waals surface area contributed by atoms with Crippen LogP contribution in [-0.4, -0.2) is 17.3 Å². The lowest BCUT2D eigenvalue weighted by atomic mass is 11.0. The Labute approximate surface area is 47.5 Å². The maximum atomic E-state index is 10.3. The molecule has 1 atom stereocenters. The van der Waals surface area contributed by atoms with Crippen LogP contribution < -0.4 is 0 Å². The van der Waals surface area contributed by atoms with E-state index in [1.165, 1.54) is 6.66 Å².